The summed E-state index contributed by atoms with van der Waals surface area (Å²) in [6, 6.07) is 9.43. The summed E-state index contributed by atoms with van der Waals surface area (Å²) in [5.74, 6) is 0. The molecular formula is C6H6Cl2OPS+. The maximum atomic E-state index is 10.5. The van der Waals surface area contributed by atoms with E-state index in [1.807, 2.05) is 30.3 Å². The maximum absolute atomic E-state index is 10.5. The van der Waals surface area contributed by atoms with Crippen molar-refractivity contribution in [3.63, 3.8) is 0 Å². The van der Waals surface area contributed by atoms with Gasteiger partial charge >= 0.3 is 6.36 Å². The first-order valence-corrected chi connectivity index (χ1v) is 6.24. The monoisotopic (exact) mass is 227 g/mol. The summed E-state index contributed by atoms with van der Waals surface area (Å²) < 4.78 is 10.5. The molecule has 0 aliphatic heterocycles. The first kappa shape index (κ1) is 11.2. The van der Waals surface area contributed by atoms with Gasteiger partial charge in [-0.2, -0.15) is 0 Å². The van der Waals surface area contributed by atoms with E-state index in [4.69, 9.17) is 11.2 Å². The standard InChI is InChI=1S/C6H5ClOPS.ClH/c7-9(8)10-6-4-2-1-3-5-6;/h1-5H;1H/q+1;. The number of hydrogen-bond donors (Lipinski definition) is 0. The van der Waals surface area contributed by atoms with Gasteiger partial charge in [-0.25, -0.2) is 0 Å². The van der Waals surface area contributed by atoms with Crippen molar-refractivity contribution in [1.29, 1.82) is 0 Å². The van der Waals surface area contributed by atoms with Gasteiger partial charge in [0.15, 0.2) is 11.4 Å². The van der Waals surface area contributed by atoms with Crippen LogP contribution in [-0.4, -0.2) is 0 Å². The Labute approximate surface area is 81.3 Å². The van der Waals surface area contributed by atoms with Crippen LogP contribution in [0.25, 0.3) is 0 Å². The van der Waals surface area contributed by atoms with E-state index in [1.165, 1.54) is 11.4 Å². The van der Waals surface area contributed by atoms with Crippen LogP contribution in [0.1, 0.15) is 0 Å². The summed E-state index contributed by atoms with van der Waals surface area (Å²) in [6.45, 7) is 0. The van der Waals surface area contributed by atoms with E-state index in [-0.39, 0.29) is 12.4 Å². The van der Waals surface area contributed by atoms with Crippen molar-refractivity contribution in [3.8, 4) is 0 Å². The molecule has 0 saturated carbocycles. The van der Waals surface area contributed by atoms with Gasteiger partial charge in [0.25, 0.3) is 0 Å². The molecule has 11 heavy (non-hydrogen) atoms. The lowest BCUT2D eigenvalue weighted by Crippen LogP contribution is -1.61. The molecule has 0 heterocycles. The summed E-state index contributed by atoms with van der Waals surface area (Å²) in [5.41, 5.74) is 0. The second-order valence-electron chi connectivity index (χ2n) is 1.62. The Balaban J connectivity index is 0.000001000. The van der Waals surface area contributed by atoms with Crippen molar-refractivity contribution in [2.75, 3.05) is 0 Å². The molecule has 0 amide bonds. The minimum Gasteiger partial charge on any atom is -0.147 e. The van der Waals surface area contributed by atoms with Gasteiger partial charge in [0.2, 0.25) is 11.2 Å². The molecule has 0 fully saturated rings. The summed E-state index contributed by atoms with van der Waals surface area (Å²) in [6.07, 6.45) is -1.64. The Bertz CT molecular complexity index is 229. The predicted octanol–water partition coefficient (Wildman–Crippen LogP) is 4.10. The Morgan fingerprint density at radius 1 is 1.27 bits per heavy atom. The van der Waals surface area contributed by atoms with E-state index in [9.17, 15) is 4.57 Å². The quantitative estimate of drug-likeness (QED) is 0.709. The maximum Gasteiger partial charge on any atom is 0.534 e. The van der Waals surface area contributed by atoms with Crippen LogP contribution in [0.4, 0.5) is 0 Å². The van der Waals surface area contributed by atoms with Crippen LogP contribution in [0, 0.1) is 0 Å². The predicted molar refractivity (Wildman–Crippen MR) is 53.0 cm³/mol. The lowest BCUT2D eigenvalue weighted by atomic mass is 10.4. The van der Waals surface area contributed by atoms with Gasteiger partial charge < -0.3 is 0 Å². The fraction of sp³-hybridized carbons (Fsp3) is 0. The van der Waals surface area contributed by atoms with Crippen LogP contribution in [0.15, 0.2) is 35.2 Å². The highest BCUT2D eigenvalue weighted by Crippen LogP contribution is 2.47. The summed E-state index contributed by atoms with van der Waals surface area (Å²) in [4.78, 5) is 0.943. The zero-order chi connectivity index (χ0) is 7.40. The molecule has 1 atom stereocenters. The van der Waals surface area contributed by atoms with Crippen molar-refractivity contribution < 1.29 is 4.57 Å². The van der Waals surface area contributed by atoms with Gasteiger partial charge in [0.05, 0.1) is 4.90 Å². The zero-order valence-corrected chi connectivity index (χ0v) is 8.72. The number of halogens is 2. The van der Waals surface area contributed by atoms with Crippen LogP contribution in [0.3, 0.4) is 0 Å². The highest BCUT2D eigenvalue weighted by molar-refractivity contribution is 8.58. The molecule has 5 heteroatoms. The number of benzene rings is 1. The van der Waals surface area contributed by atoms with Crippen molar-refractivity contribution >= 4 is 41.4 Å². The smallest absolute Gasteiger partial charge is 0.147 e. The SMILES string of the molecule is Cl.O=[P+](Cl)Sc1ccccc1. The third kappa shape index (κ3) is 4.65. The second kappa shape index (κ2) is 5.84. The van der Waals surface area contributed by atoms with Crippen LogP contribution < -0.4 is 0 Å². The Kier molecular flexibility index (Phi) is 5.98. The lowest BCUT2D eigenvalue weighted by Gasteiger charge is -1.83. The lowest BCUT2D eigenvalue weighted by molar-refractivity contribution is 0.603. The van der Waals surface area contributed by atoms with Gasteiger partial charge in [0, 0.05) is 0 Å². The van der Waals surface area contributed by atoms with E-state index in [1.54, 1.807) is 0 Å². The molecule has 0 radical (unpaired) electrons. The molecule has 1 unspecified atom stereocenters. The molecule has 1 aromatic rings. The van der Waals surface area contributed by atoms with Crippen LogP contribution in [0.2, 0.25) is 0 Å². The van der Waals surface area contributed by atoms with Gasteiger partial charge in [-0.15, -0.1) is 12.4 Å². The Morgan fingerprint density at radius 2 is 1.82 bits per heavy atom. The fourth-order valence-electron chi connectivity index (χ4n) is 0.564. The van der Waals surface area contributed by atoms with Crippen LogP contribution >= 0.6 is 41.4 Å². The average molecular weight is 228 g/mol. The molecule has 1 rings (SSSR count). The van der Waals surface area contributed by atoms with E-state index in [2.05, 4.69) is 0 Å². The average Bonchev–Trinajstić information content (AvgIpc) is 1.88. The van der Waals surface area contributed by atoms with Crippen molar-refractivity contribution in [2.24, 2.45) is 0 Å². The largest absolute Gasteiger partial charge is 0.534 e. The molecule has 0 aromatic heterocycles. The summed E-state index contributed by atoms with van der Waals surface area (Å²) in [7, 11) is 0. The van der Waals surface area contributed by atoms with Crippen LogP contribution in [0.5, 0.6) is 0 Å². The molecule has 0 saturated heterocycles. The first-order chi connectivity index (χ1) is 4.79. The van der Waals surface area contributed by atoms with E-state index >= 15 is 0 Å². The van der Waals surface area contributed by atoms with Crippen molar-refractivity contribution in [3.05, 3.63) is 30.3 Å². The van der Waals surface area contributed by atoms with E-state index in [0.29, 0.717) is 0 Å². The highest BCUT2D eigenvalue weighted by Gasteiger charge is 2.13. The number of rotatable bonds is 2. The summed E-state index contributed by atoms with van der Waals surface area (Å²) in [5, 5.41) is 0. The number of hydrogen-bond acceptors (Lipinski definition) is 2. The molecule has 0 spiro atoms. The van der Waals surface area contributed by atoms with Crippen molar-refractivity contribution in [2.45, 2.75) is 4.90 Å². The van der Waals surface area contributed by atoms with Gasteiger partial charge in [0.1, 0.15) is 0 Å². The fourth-order valence-corrected chi connectivity index (χ4v) is 2.59. The van der Waals surface area contributed by atoms with Gasteiger partial charge in [-0.1, -0.05) is 18.2 Å². The van der Waals surface area contributed by atoms with Gasteiger partial charge in [-0.05, 0) is 16.7 Å². The Morgan fingerprint density at radius 3 is 2.27 bits per heavy atom. The molecule has 0 N–H and O–H groups in total. The molecule has 0 aliphatic carbocycles. The van der Waals surface area contributed by atoms with E-state index < -0.39 is 6.36 Å². The first-order valence-electron chi connectivity index (χ1n) is 2.65. The summed E-state index contributed by atoms with van der Waals surface area (Å²) >= 11 is 6.46. The molecular weight excluding hydrogens is 222 g/mol. The minimum atomic E-state index is -1.64. The molecule has 1 nitrogen and oxygen atoms in total. The molecule has 1 aromatic carbocycles. The molecule has 60 valence electrons. The highest BCUT2D eigenvalue weighted by atomic mass is 35.7. The zero-order valence-electron chi connectivity index (χ0n) is 5.44. The van der Waals surface area contributed by atoms with Crippen molar-refractivity contribution in [1.82, 2.24) is 0 Å². The molecule has 0 bridgehead atoms. The third-order valence-electron chi connectivity index (χ3n) is 0.920. The topological polar surface area (TPSA) is 17.1 Å². The minimum absolute atomic E-state index is 0. The Hall–Kier alpha value is 0.250. The normalized spacial score (nSPS) is 10.1. The molecule has 0 aliphatic rings. The van der Waals surface area contributed by atoms with Crippen LogP contribution in [-0.2, 0) is 4.57 Å². The van der Waals surface area contributed by atoms with E-state index in [0.717, 1.165) is 4.90 Å². The second-order valence-corrected chi connectivity index (χ2v) is 5.76. The third-order valence-corrected chi connectivity index (χ3v) is 3.23. The van der Waals surface area contributed by atoms with Gasteiger partial charge in [-0.3, -0.25) is 0 Å².